The van der Waals surface area contributed by atoms with Gasteiger partial charge in [0, 0.05) is 30.3 Å². The average molecular weight is 276 g/mol. The van der Waals surface area contributed by atoms with E-state index in [9.17, 15) is 4.79 Å². The molecule has 0 saturated carbocycles. The van der Waals surface area contributed by atoms with E-state index in [0.717, 1.165) is 36.4 Å². The average Bonchev–Trinajstić information content (AvgIpc) is 2.88. The van der Waals surface area contributed by atoms with Gasteiger partial charge in [-0.05, 0) is 51.4 Å². The number of nitrogens with two attached hydrogens (primary N) is 1. The van der Waals surface area contributed by atoms with Crippen LogP contribution in [-0.2, 0) is 6.54 Å². The lowest BCUT2D eigenvalue weighted by molar-refractivity contribution is 0.101. The van der Waals surface area contributed by atoms with Crippen molar-refractivity contribution in [3.05, 3.63) is 29.3 Å². The molecule has 4 heteroatoms. The maximum absolute atomic E-state index is 11.6. The molecule has 4 nitrogen and oxygen atoms in total. The van der Waals surface area contributed by atoms with Crippen LogP contribution in [0.2, 0.25) is 0 Å². The molecule has 1 aromatic rings. The van der Waals surface area contributed by atoms with Crippen molar-refractivity contribution in [2.75, 3.05) is 19.7 Å². The number of benzene rings is 1. The Morgan fingerprint density at radius 3 is 2.95 bits per heavy atom. The van der Waals surface area contributed by atoms with Gasteiger partial charge in [0.1, 0.15) is 5.75 Å². The van der Waals surface area contributed by atoms with Gasteiger partial charge in [-0.2, -0.15) is 0 Å². The Bertz CT molecular complexity index is 474. The minimum Gasteiger partial charge on any atom is -0.494 e. The third kappa shape index (κ3) is 3.38. The molecule has 1 unspecified atom stereocenters. The predicted octanol–water partition coefficient (Wildman–Crippen LogP) is 2.21. The van der Waals surface area contributed by atoms with Crippen molar-refractivity contribution in [1.82, 2.24) is 4.90 Å². The zero-order chi connectivity index (χ0) is 14.5. The molecule has 0 bridgehead atoms. The lowest BCUT2D eigenvalue weighted by Crippen LogP contribution is -2.35. The lowest BCUT2D eigenvalue weighted by atomic mass is 10.1. The van der Waals surface area contributed by atoms with Crippen LogP contribution in [0.3, 0.4) is 0 Å². The lowest BCUT2D eigenvalue weighted by Gasteiger charge is -2.24. The van der Waals surface area contributed by atoms with Crippen LogP contribution >= 0.6 is 0 Å². The third-order valence-electron chi connectivity index (χ3n) is 3.91. The van der Waals surface area contributed by atoms with Crippen LogP contribution < -0.4 is 10.5 Å². The summed E-state index contributed by atoms with van der Waals surface area (Å²) in [6.45, 7) is 6.76. The Hall–Kier alpha value is -1.39. The van der Waals surface area contributed by atoms with Gasteiger partial charge in [0.05, 0.1) is 6.61 Å². The fraction of sp³-hybridized carbons (Fsp3) is 0.562. The van der Waals surface area contributed by atoms with Crippen molar-refractivity contribution < 1.29 is 9.53 Å². The van der Waals surface area contributed by atoms with E-state index in [1.54, 1.807) is 6.92 Å². The van der Waals surface area contributed by atoms with E-state index in [2.05, 4.69) is 4.90 Å². The number of rotatable bonds is 6. The van der Waals surface area contributed by atoms with Crippen LogP contribution in [0, 0.1) is 0 Å². The zero-order valence-corrected chi connectivity index (χ0v) is 12.4. The Kier molecular flexibility index (Phi) is 5.15. The summed E-state index contributed by atoms with van der Waals surface area (Å²) in [6, 6.07) is 6.15. The summed E-state index contributed by atoms with van der Waals surface area (Å²) < 4.78 is 5.68. The molecule has 1 aromatic carbocycles. The summed E-state index contributed by atoms with van der Waals surface area (Å²) in [6.07, 6.45) is 2.35. The van der Waals surface area contributed by atoms with Gasteiger partial charge in [-0.15, -0.1) is 0 Å². The quantitative estimate of drug-likeness (QED) is 0.809. The molecular formula is C16H24N2O2. The van der Waals surface area contributed by atoms with Gasteiger partial charge < -0.3 is 10.5 Å². The molecule has 1 fully saturated rings. The topological polar surface area (TPSA) is 55.6 Å². The molecule has 2 rings (SSSR count). The van der Waals surface area contributed by atoms with Gasteiger partial charge in [-0.1, -0.05) is 0 Å². The fourth-order valence-electron chi connectivity index (χ4n) is 2.81. The number of hydrogen-bond donors (Lipinski definition) is 1. The van der Waals surface area contributed by atoms with Crippen molar-refractivity contribution >= 4 is 5.78 Å². The number of Topliss-reactive ketones (excluding diaryl/α,β-unsaturated/α-hetero) is 1. The van der Waals surface area contributed by atoms with Gasteiger partial charge >= 0.3 is 0 Å². The summed E-state index contributed by atoms with van der Waals surface area (Å²) in [7, 11) is 0. The molecule has 0 spiro atoms. The summed E-state index contributed by atoms with van der Waals surface area (Å²) in [5.74, 6) is 0.964. The molecule has 2 N–H and O–H groups in total. The minimum atomic E-state index is 0.0890. The van der Waals surface area contributed by atoms with Gasteiger partial charge in [-0.3, -0.25) is 9.69 Å². The molecule has 1 saturated heterocycles. The van der Waals surface area contributed by atoms with Gasteiger partial charge in [0.25, 0.3) is 0 Å². The number of nitrogens with zero attached hydrogens (tertiary/aromatic N) is 1. The first kappa shape index (κ1) is 15.0. The van der Waals surface area contributed by atoms with Crippen LogP contribution in [0.5, 0.6) is 5.75 Å². The fourth-order valence-corrected chi connectivity index (χ4v) is 2.81. The highest BCUT2D eigenvalue weighted by atomic mass is 16.5. The Morgan fingerprint density at radius 2 is 2.30 bits per heavy atom. The molecule has 20 heavy (non-hydrogen) atoms. The molecule has 0 aliphatic carbocycles. The summed E-state index contributed by atoms with van der Waals surface area (Å²) in [5, 5.41) is 0. The third-order valence-corrected chi connectivity index (χ3v) is 3.91. The molecule has 0 radical (unpaired) electrons. The Morgan fingerprint density at radius 1 is 1.50 bits per heavy atom. The van der Waals surface area contributed by atoms with Crippen LogP contribution in [-0.4, -0.2) is 36.4 Å². The van der Waals surface area contributed by atoms with Crippen LogP contribution in [0.15, 0.2) is 18.2 Å². The maximum Gasteiger partial charge on any atom is 0.159 e. The number of ether oxygens (including phenoxy) is 1. The first-order chi connectivity index (χ1) is 9.65. The standard InChI is InChI=1S/C16H24N2O2/c1-3-20-16-7-6-13(12(2)19)9-14(16)11-18-8-4-5-15(18)10-17/h6-7,9,15H,3-5,8,10-11,17H2,1-2H3. The summed E-state index contributed by atoms with van der Waals surface area (Å²) in [4.78, 5) is 13.9. The molecule has 1 aliphatic rings. The molecular weight excluding hydrogens is 252 g/mol. The highest BCUT2D eigenvalue weighted by Gasteiger charge is 2.24. The highest BCUT2D eigenvalue weighted by Crippen LogP contribution is 2.26. The van der Waals surface area contributed by atoms with E-state index < -0.39 is 0 Å². The number of carbonyl (C=O) groups excluding carboxylic acids is 1. The van der Waals surface area contributed by atoms with Gasteiger partial charge in [0.15, 0.2) is 5.78 Å². The second-order valence-corrected chi connectivity index (χ2v) is 5.31. The van der Waals surface area contributed by atoms with Crippen LogP contribution in [0.25, 0.3) is 0 Å². The van der Waals surface area contributed by atoms with E-state index in [1.165, 1.54) is 6.42 Å². The van der Waals surface area contributed by atoms with Crippen LogP contribution in [0.4, 0.5) is 0 Å². The smallest absolute Gasteiger partial charge is 0.159 e. The second-order valence-electron chi connectivity index (χ2n) is 5.31. The van der Waals surface area contributed by atoms with E-state index in [4.69, 9.17) is 10.5 Å². The highest BCUT2D eigenvalue weighted by molar-refractivity contribution is 5.94. The van der Waals surface area contributed by atoms with Crippen molar-refractivity contribution in [3.63, 3.8) is 0 Å². The second kappa shape index (κ2) is 6.86. The van der Waals surface area contributed by atoms with E-state index in [1.807, 2.05) is 25.1 Å². The van der Waals surface area contributed by atoms with Gasteiger partial charge in [0.2, 0.25) is 0 Å². The summed E-state index contributed by atoms with van der Waals surface area (Å²) >= 11 is 0. The van der Waals surface area contributed by atoms with Crippen molar-refractivity contribution in [2.45, 2.75) is 39.3 Å². The number of hydrogen-bond acceptors (Lipinski definition) is 4. The van der Waals surface area contributed by atoms with Gasteiger partial charge in [-0.25, -0.2) is 0 Å². The van der Waals surface area contributed by atoms with E-state index in [0.29, 0.717) is 19.2 Å². The van der Waals surface area contributed by atoms with Crippen molar-refractivity contribution in [3.8, 4) is 5.75 Å². The molecule has 0 aromatic heterocycles. The largest absolute Gasteiger partial charge is 0.494 e. The molecule has 0 amide bonds. The predicted molar refractivity (Wildman–Crippen MR) is 80.1 cm³/mol. The summed E-state index contributed by atoms with van der Waals surface area (Å²) in [5.41, 5.74) is 7.65. The monoisotopic (exact) mass is 276 g/mol. The Labute approximate surface area is 120 Å². The maximum atomic E-state index is 11.6. The van der Waals surface area contributed by atoms with E-state index in [-0.39, 0.29) is 5.78 Å². The SMILES string of the molecule is CCOc1ccc(C(C)=O)cc1CN1CCCC1CN. The minimum absolute atomic E-state index is 0.0890. The normalized spacial score (nSPS) is 19.2. The Balaban J connectivity index is 2.22. The molecule has 1 aliphatic heterocycles. The number of likely N-dealkylation sites (tertiary alicyclic amines) is 1. The van der Waals surface area contributed by atoms with Crippen molar-refractivity contribution in [2.24, 2.45) is 5.73 Å². The van der Waals surface area contributed by atoms with Crippen LogP contribution in [0.1, 0.15) is 42.6 Å². The first-order valence-electron chi connectivity index (χ1n) is 7.36. The molecule has 1 atom stereocenters. The number of carbonyl (C=O) groups is 1. The number of ketones is 1. The zero-order valence-electron chi connectivity index (χ0n) is 12.4. The molecule has 110 valence electrons. The first-order valence-corrected chi connectivity index (χ1v) is 7.36. The molecule has 1 heterocycles. The van der Waals surface area contributed by atoms with E-state index >= 15 is 0 Å². The van der Waals surface area contributed by atoms with Crippen molar-refractivity contribution in [1.29, 1.82) is 0 Å².